The van der Waals surface area contributed by atoms with E-state index in [0.717, 1.165) is 154 Å². The zero-order valence-corrected chi connectivity index (χ0v) is 50.4. The second kappa shape index (κ2) is 64.8. The smallest absolute Gasteiger partial charge is 0.306 e. The predicted molar refractivity (Wildman–Crippen MR) is 339 cm³/mol. The molecule has 0 bridgehead atoms. The van der Waals surface area contributed by atoms with Crippen LogP contribution in [0.5, 0.6) is 0 Å². The first-order valence-electron chi connectivity index (χ1n) is 31.8. The number of hydrogen-bond acceptors (Lipinski definition) is 6. The summed E-state index contributed by atoms with van der Waals surface area (Å²) in [6.45, 7) is 6.37. The summed E-state index contributed by atoms with van der Waals surface area (Å²) in [6.07, 6.45) is 92.7. The number of unbranched alkanes of at least 4 members (excludes halogenated alkanes) is 21. The van der Waals surface area contributed by atoms with Crippen molar-refractivity contribution in [1.29, 1.82) is 0 Å². The highest BCUT2D eigenvalue weighted by Crippen LogP contribution is 2.14. The van der Waals surface area contributed by atoms with Crippen LogP contribution in [0.15, 0.2) is 146 Å². The summed E-state index contributed by atoms with van der Waals surface area (Å²) in [4.78, 5) is 38.3. The molecule has 0 amide bonds. The van der Waals surface area contributed by atoms with E-state index in [0.29, 0.717) is 19.3 Å². The summed E-state index contributed by atoms with van der Waals surface area (Å²) >= 11 is 0. The van der Waals surface area contributed by atoms with Crippen molar-refractivity contribution in [2.45, 2.75) is 277 Å². The molecular weight excluding hydrogens is 961 g/mol. The van der Waals surface area contributed by atoms with E-state index in [1.807, 2.05) is 0 Å². The molecule has 440 valence electrons. The van der Waals surface area contributed by atoms with Crippen LogP contribution < -0.4 is 0 Å². The summed E-state index contributed by atoms with van der Waals surface area (Å²) in [6, 6.07) is 0. The minimum Gasteiger partial charge on any atom is -0.462 e. The molecule has 0 saturated carbocycles. The molecule has 0 spiro atoms. The molecule has 78 heavy (non-hydrogen) atoms. The van der Waals surface area contributed by atoms with Crippen LogP contribution in [0.1, 0.15) is 271 Å². The van der Waals surface area contributed by atoms with Crippen molar-refractivity contribution < 1.29 is 28.6 Å². The fourth-order valence-electron chi connectivity index (χ4n) is 8.35. The number of carbonyl (C=O) groups excluding carboxylic acids is 3. The number of esters is 3. The molecule has 0 aliphatic carbocycles. The van der Waals surface area contributed by atoms with E-state index < -0.39 is 6.10 Å². The quantitative estimate of drug-likeness (QED) is 0.0261. The Morgan fingerprint density at radius 1 is 0.269 bits per heavy atom. The highest BCUT2D eigenvalue weighted by Gasteiger charge is 2.19. The molecule has 0 aromatic carbocycles. The molecule has 0 rings (SSSR count). The maximum absolute atomic E-state index is 12.9. The zero-order valence-electron chi connectivity index (χ0n) is 50.4. The van der Waals surface area contributed by atoms with E-state index in [1.165, 1.54) is 77.0 Å². The van der Waals surface area contributed by atoms with Crippen molar-refractivity contribution in [3.63, 3.8) is 0 Å². The molecule has 6 nitrogen and oxygen atoms in total. The van der Waals surface area contributed by atoms with Gasteiger partial charge in [-0.15, -0.1) is 0 Å². The van der Waals surface area contributed by atoms with Crippen molar-refractivity contribution in [2.75, 3.05) is 13.2 Å². The lowest BCUT2D eigenvalue weighted by atomic mass is 10.1. The molecule has 1 atom stereocenters. The van der Waals surface area contributed by atoms with Crippen LogP contribution in [0, 0.1) is 0 Å². The highest BCUT2D eigenvalue weighted by molar-refractivity contribution is 5.71. The Bertz CT molecular complexity index is 1710. The topological polar surface area (TPSA) is 78.9 Å². The van der Waals surface area contributed by atoms with Crippen molar-refractivity contribution in [1.82, 2.24) is 0 Å². The highest BCUT2D eigenvalue weighted by atomic mass is 16.6. The fraction of sp³-hybridized carbons (Fsp3) is 0.625. The summed E-state index contributed by atoms with van der Waals surface area (Å²) in [5, 5.41) is 0. The van der Waals surface area contributed by atoms with Gasteiger partial charge in [0.2, 0.25) is 0 Å². The molecule has 0 aliphatic rings. The SMILES string of the molecule is CC/C=C\C/C=C\C/C=C\C/C=C\C/C=C\C/C=C\C/C=C\CCCCCC(=O)OCC(COC(=O)CCCCCCC/C=C\CCCCCCC)OC(=O)CCCCCCCCCC/C=C\C/C=C\C/C=C\C/C=C\CC. The Morgan fingerprint density at radius 3 is 0.808 bits per heavy atom. The lowest BCUT2D eigenvalue weighted by Crippen LogP contribution is -2.30. The van der Waals surface area contributed by atoms with Crippen molar-refractivity contribution in [3.05, 3.63) is 146 Å². The maximum atomic E-state index is 12.9. The average molecular weight is 1080 g/mol. The molecule has 0 aromatic heterocycles. The molecule has 0 aromatic rings. The molecule has 0 aliphatic heterocycles. The Hall–Kier alpha value is -4.71. The van der Waals surface area contributed by atoms with Gasteiger partial charge in [-0.25, -0.2) is 0 Å². The molecule has 6 heteroatoms. The zero-order chi connectivity index (χ0) is 56.4. The number of carbonyl (C=O) groups is 3. The van der Waals surface area contributed by atoms with Crippen molar-refractivity contribution in [2.24, 2.45) is 0 Å². The van der Waals surface area contributed by atoms with Crippen LogP contribution in [-0.4, -0.2) is 37.2 Å². The van der Waals surface area contributed by atoms with Gasteiger partial charge in [-0.1, -0.05) is 256 Å². The first-order chi connectivity index (χ1) is 38.5. The molecule has 0 saturated heterocycles. The number of allylic oxidation sites excluding steroid dienone is 24. The minimum atomic E-state index is -0.808. The Balaban J connectivity index is 4.47. The Labute approximate surface area is 480 Å². The maximum Gasteiger partial charge on any atom is 0.306 e. The third kappa shape index (κ3) is 62.1. The standard InChI is InChI=1S/C72H116O6/c1-4-7-10-13-16-19-22-25-28-30-32-34-35-36-37-39-40-42-44-47-50-53-56-59-62-65-71(74)77-68-69(67-76-70(73)64-61-58-55-52-49-46-27-24-21-18-15-12-9-6-3)78-72(75)66-63-60-57-54-51-48-45-43-41-38-33-31-29-26-23-20-17-14-11-8-5-2/h7-8,10-11,16-17,19-20,24-29,32-34,36-38,40,42,47,50,69H,4-6,9,12-15,18,21-23,30-31,35,39,41,43-46,48-49,51-68H2,1-3H3/b10-7-,11-8-,19-16-,20-17-,27-24-,28-25-,29-26-,34-32-,37-36-,38-33-,42-40-,50-47-. The van der Waals surface area contributed by atoms with Crippen molar-refractivity contribution >= 4 is 17.9 Å². The lowest BCUT2D eigenvalue weighted by molar-refractivity contribution is -0.167. The van der Waals surface area contributed by atoms with Crippen LogP contribution >= 0.6 is 0 Å². The van der Waals surface area contributed by atoms with Gasteiger partial charge >= 0.3 is 17.9 Å². The second-order valence-electron chi connectivity index (χ2n) is 20.5. The van der Waals surface area contributed by atoms with Crippen LogP contribution in [0.3, 0.4) is 0 Å². The minimum absolute atomic E-state index is 0.101. The van der Waals surface area contributed by atoms with E-state index in [1.54, 1.807) is 0 Å². The van der Waals surface area contributed by atoms with E-state index in [2.05, 4.69) is 167 Å². The molecule has 0 heterocycles. The summed E-state index contributed by atoms with van der Waals surface area (Å²) in [7, 11) is 0. The van der Waals surface area contributed by atoms with Gasteiger partial charge < -0.3 is 14.2 Å². The molecule has 0 radical (unpaired) electrons. The summed E-state index contributed by atoms with van der Waals surface area (Å²) in [5.74, 6) is -0.952. The van der Waals surface area contributed by atoms with E-state index in [4.69, 9.17) is 14.2 Å². The number of ether oxygens (including phenoxy) is 3. The van der Waals surface area contributed by atoms with Gasteiger partial charge in [-0.2, -0.15) is 0 Å². The van der Waals surface area contributed by atoms with Gasteiger partial charge in [-0.3, -0.25) is 14.4 Å². The first-order valence-corrected chi connectivity index (χ1v) is 31.8. The Kier molecular flexibility index (Phi) is 60.9. The third-order valence-electron chi connectivity index (χ3n) is 13.1. The van der Waals surface area contributed by atoms with Gasteiger partial charge in [0.05, 0.1) is 0 Å². The molecule has 1 unspecified atom stereocenters. The van der Waals surface area contributed by atoms with E-state index in [9.17, 15) is 14.4 Å². The fourth-order valence-corrected chi connectivity index (χ4v) is 8.35. The normalized spacial score (nSPS) is 13.1. The average Bonchev–Trinajstić information content (AvgIpc) is 3.44. The summed E-state index contributed by atoms with van der Waals surface area (Å²) in [5.41, 5.74) is 0. The van der Waals surface area contributed by atoms with Crippen LogP contribution in [0.4, 0.5) is 0 Å². The number of hydrogen-bond donors (Lipinski definition) is 0. The van der Waals surface area contributed by atoms with Gasteiger partial charge in [0, 0.05) is 19.3 Å². The van der Waals surface area contributed by atoms with Crippen LogP contribution in [0.2, 0.25) is 0 Å². The van der Waals surface area contributed by atoms with Gasteiger partial charge in [0.15, 0.2) is 6.10 Å². The van der Waals surface area contributed by atoms with Crippen molar-refractivity contribution in [3.8, 4) is 0 Å². The molecule has 0 fully saturated rings. The molecular formula is C72H116O6. The summed E-state index contributed by atoms with van der Waals surface area (Å²) < 4.78 is 16.9. The van der Waals surface area contributed by atoms with Gasteiger partial charge in [0.1, 0.15) is 13.2 Å². The van der Waals surface area contributed by atoms with Crippen LogP contribution in [0.25, 0.3) is 0 Å². The second-order valence-corrected chi connectivity index (χ2v) is 20.5. The lowest BCUT2D eigenvalue weighted by Gasteiger charge is -2.18. The molecule has 0 N–H and O–H groups in total. The van der Waals surface area contributed by atoms with Gasteiger partial charge in [0.25, 0.3) is 0 Å². The van der Waals surface area contributed by atoms with Gasteiger partial charge in [-0.05, 0) is 141 Å². The first kappa shape index (κ1) is 73.3. The number of rotatable bonds is 56. The third-order valence-corrected chi connectivity index (χ3v) is 13.1. The van der Waals surface area contributed by atoms with E-state index >= 15 is 0 Å². The monoisotopic (exact) mass is 1080 g/mol. The van der Waals surface area contributed by atoms with Crippen LogP contribution in [-0.2, 0) is 28.6 Å². The largest absolute Gasteiger partial charge is 0.462 e. The van der Waals surface area contributed by atoms with E-state index in [-0.39, 0.29) is 31.1 Å². The predicted octanol–water partition coefficient (Wildman–Crippen LogP) is 21.9. The Morgan fingerprint density at radius 2 is 0.500 bits per heavy atom.